The van der Waals surface area contributed by atoms with Crippen LogP contribution in [0.15, 0.2) is 28.3 Å². The number of amides is 1. The number of esters is 1. The number of methoxy groups -OCH3 is 1. The van der Waals surface area contributed by atoms with E-state index in [1.807, 2.05) is 16.8 Å². The summed E-state index contributed by atoms with van der Waals surface area (Å²) >= 11 is 3.10. The molecule has 4 nitrogen and oxygen atoms in total. The SMILES string of the molecule is COC(=O)C1c2ccsc2CCN1C(=O)c1ccsc1. The zero-order chi connectivity index (χ0) is 14.1. The van der Waals surface area contributed by atoms with E-state index in [9.17, 15) is 9.59 Å². The van der Waals surface area contributed by atoms with Crippen LogP contribution in [0.2, 0.25) is 0 Å². The number of rotatable bonds is 2. The van der Waals surface area contributed by atoms with Gasteiger partial charge in [0.2, 0.25) is 0 Å². The zero-order valence-corrected chi connectivity index (χ0v) is 12.5. The van der Waals surface area contributed by atoms with Crippen molar-refractivity contribution in [2.75, 3.05) is 13.7 Å². The smallest absolute Gasteiger partial charge is 0.333 e. The summed E-state index contributed by atoms with van der Waals surface area (Å²) in [5, 5.41) is 5.62. The van der Waals surface area contributed by atoms with Gasteiger partial charge in [-0.3, -0.25) is 4.79 Å². The van der Waals surface area contributed by atoms with Gasteiger partial charge in [0.1, 0.15) is 0 Å². The predicted molar refractivity (Wildman–Crippen MR) is 78.1 cm³/mol. The van der Waals surface area contributed by atoms with Crippen molar-refractivity contribution in [2.45, 2.75) is 12.5 Å². The van der Waals surface area contributed by atoms with Crippen molar-refractivity contribution >= 4 is 34.6 Å². The largest absolute Gasteiger partial charge is 0.467 e. The molecule has 104 valence electrons. The topological polar surface area (TPSA) is 46.6 Å². The van der Waals surface area contributed by atoms with Crippen molar-refractivity contribution in [3.63, 3.8) is 0 Å². The van der Waals surface area contributed by atoms with Gasteiger partial charge in [0.25, 0.3) is 5.91 Å². The highest BCUT2D eigenvalue weighted by Gasteiger charge is 2.37. The Morgan fingerprint density at radius 2 is 2.20 bits per heavy atom. The van der Waals surface area contributed by atoms with Crippen molar-refractivity contribution < 1.29 is 14.3 Å². The van der Waals surface area contributed by atoms with Gasteiger partial charge >= 0.3 is 5.97 Å². The first-order chi connectivity index (χ1) is 9.72. The molecule has 3 rings (SSSR count). The predicted octanol–water partition coefficient (Wildman–Crippen LogP) is 2.72. The first-order valence-electron chi connectivity index (χ1n) is 6.19. The molecule has 0 spiro atoms. The van der Waals surface area contributed by atoms with Crippen molar-refractivity contribution in [3.8, 4) is 0 Å². The van der Waals surface area contributed by atoms with Gasteiger partial charge in [0.05, 0.1) is 12.7 Å². The first kappa shape index (κ1) is 13.3. The number of fused-ring (bicyclic) bond motifs is 1. The number of thiophene rings is 2. The standard InChI is InChI=1S/C14H13NO3S2/c1-18-14(17)12-10-4-7-20-11(10)2-5-15(12)13(16)9-3-6-19-8-9/h3-4,6-8,12H,2,5H2,1H3. The van der Waals surface area contributed by atoms with E-state index in [1.165, 1.54) is 18.4 Å². The molecule has 6 heteroatoms. The summed E-state index contributed by atoms with van der Waals surface area (Å²) < 4.78 is 4.89. The Morgan fingerprint density at radius 3 is 2.90 bits per heavy atom. The van der Waals surface area contributed by atoms with Crippen molar-refractivity contribution in [1.82, 2.24) is 4.90 Å². The maximum absolute atomic E-state index is 12.6. The molecule has 0 saturated heterocycles. The van der Waals surface area contributed by atoms with Gasteiger partial charge in [0, 0.05) is 16.8 Å². The third kappa shape index (κ3) is 2.14. The summed E-state index contributed by atoms with van der Waals surface area (Å²) in [6.45, 7) is 0.544. The highest BCUT2D eigenvalue weighted by atomic mass is 32.1. The van der Waals surface area contributed by atoms with Gasteiger partial charge in [-0.15, -0.1) is 11.3 Å². The molecule has 1 atom stereocenters. The summed E-state index contributed by atoms with van der Waals surface area (Å²) in [5.74, 6) is -0.494. The van der Waals surface area contributed by atoms with Gasteiger partial charge in [-0.1, -0.05) is 0 Å². The van der Waals surface area contributed by atoms with Crippen LogP contribution >= 0.6 is 22.7 Å². The van der Waals surface area contributed by atoms with Gasteiger partial charge < -0.3 is 9.64 Å². The Balaban J connectivity index is 1.98. The monoisotopic (exact) mass is 307 g/mol. The van der Waals surface area contributed by atoms with Crippen molar-refractivity contribution in [3.05, 3.63) is 44.3 Å². The molecule has 0 radical (unpaired) electrons. The molecule has 2 aromatic heterocycles. The fraction of sp³-hybridized carbons (Fsp3) is 0.286. The number of ether oxygens (including phenoxy) is 1. The summed E-state index contributed by atoms with van der Waals surface area (Å²) in [5.41, 5.74) is 1.53. The number of hydrogen-bond donors (Lipinski definition) is 0. The van der Waals surface area contributed by atoms with Gasteiger partial charge in [-0.25, -0.2) is 4.79 Å². The Labute approximate surface area is 124 Å². The maximum atomic E-state index is 12.6. The lowest BCUT2D eigenvalue weighted by Crippen LogP contribution is -2.43. The Morgan fingerprint density at radius 1 is 1.35 bits per heavy atom. The van der Waals surface area contributed by atoms with Crippen LogP contribution in [0.5, 0.6) is 0 Å². The molecule has 0 aromatic carbocycles. The van der Waals surface area contributed by atoms with Crippen LogP contribution in [0.25, 0.3) is 0 Å². The van der Waals surface area contributed by atoms with Gasteiger partial charge in [-0.2, -0.15) is 11.3 Å². The number of carbonyl (C=O) groups is 2. The molecular formula is C14H13NO3S2. The highest BCUT2D eigenvalue weighted by molar-refractivity contribution is 7.10. The fourth-order valence-electron chi connectivity index (χ4n) is 2.45. The van der Waals surface area contributed by atoms with Gasteiger partial charge in [0.15, 0.2) is 6.04 Å². The number of nitrogens with zero attached hydrogens (tertiary/aromatic N) is 1. The second-order valence-electron chi connectivity index (χ2n) is 4.49. The first-order valence-corrected chi connectivity index (χ1v) is 8.02. The van der Waals surface area contributed by atoms with Crippen LogP contribution in [0.1, 0.15) is 26.8 Å². The molecule has 2 aromatic rings. The summed E-state index contributed by atoms with van der Waals surface area (Å²) in [7, 11) is 1.36. The zero-order valence-electron chi connectivity index (χ0n) is 10.9. The Kier molecular flexibility index (Phi) is 3.58. The van der Waals surface area contributed by atoms with Crippen LogP contribution in [0, 0.1) is 0 Å². The van der Waals surface area contributed by atoms with E-state index in [1.54, 1.807) is 27.7 Å². The van der Waals surface area contributed by atoms with Gasteiger partial charge in [-0.05, 0) is 34.9 Å². The van der Waals surface area contributed by atoms with Crippen LogP contribution < -0.4 is 0 Å². The molecule has 1 amide bonds. The van der Waals surface area contributed by atoms with E-state index in [2.05, 4.69) is 0 Å². The van der Waals surface area contributed by atoms with Crippen LogP contribution in [0.4, 0.5) is 0 Å². The lowest BCUT2D eigenvalue weighted by molar-refractivity contribution is -0.146. The minimum absolute atomic E-state index is 0.112. The maximum Gasteiger partial charge on any atom is 0.333 e. The van der Waals surface area contributed by atoms with E-state index >= 15 is 0 Å². The summed E-state index contributed by atoms with van der Waals surface area (Å²) in [6, 6.07) is 3.07. The molecule has 0 saturated carbocycles. The average Bonchev–Trinajstić information content (AvgIpc) is 3.14. The van der Waals surface area contributed by atoms with Crippen LogP contribution in [-0.4, -0.2) is 30.4 Å². The van der Waals surface area contributed by atoms with Crippen LogP contribution in [-0.2, 0) is 16.0 Å². The quantitative estimate of drug-likeness (QED) is 0.802. The molecule has 0 fully saturated rings. The molecular weight excluding hydrogens is 294 g/mol. The molecule has 0 aliphatic carbocycles. The Bertz CT molecular complexity index is 633. The second-order valence-corrected chi connectivity index (χ2v) is 6.27. The van der Waals surface area contributed by atoms with E-state index in [0.717, 1.165) is 16.9 Å². The minimum Gasteiger partial charge on any atom is -0.467 e. The van der Waals surface area contributed by atoms with E-state index in [-0.39, 0.29) is 11.9 Å². The molecule has 20 heavy (non-hydrogen) atoms. The molecule has 1 unspecified atom stereocenters. The Hall–Kier alpha value is -1.66. The lowest BCUT2D eigenvalue weighted by atomic mass is 9.99. The molecule has 0 N–H and O–H groups in total. The molecule has 3 heterocycles. The van der Waals surface area contributed by atoms with E-state index in [0.29, 0.717) is 12.1 Å². The number of carbonyl (C=O) groups excluding carboxylic acids is 2. The molecule has 0 bridgehead atoms. The summed E-state index contributed by atoms with van der Waals surface area (Å²) in [6.07, 6.45) is 0.788. The lowest BCUT2D eigenvalue weighted by Gasteiger charge is -2.33. The average molecular weight is 307 g/mol. The fourth-order valence-corrected chi connectivity index (χ4v) is 3.99. The third-order valence-electron chi connectivity index (χ3n) is 3.42. The normalized spacial score (nSPS) is 17.6. The minimum atomic E-state index is -0.623. The third-order valence-corrected chi connectivity index (χ3v) is 5.10. The molecule has 1 aliphatic rings. The second kappa shape index (κ2) is 5.38. The highest BCUT2D eigenvalue weighted by Crippen LogP contribution is 2.35. The molecule has 1 aliphatic heterocycles. The van der Waals surface area contributed by atoms with Crippen LogP contribution in [0.3, 0.4) is 0 Å². The van der Waals surface area contributed by atoms with E-state index < -0.39 is 6.04 Å². The van der Waals surface area contributed by atoms with E-state index in [4.69, 9.17) is 4.74 Å². The summed E-state index contributed by atoms with van der Waals surface area (Å²) in [4.78, 5) is 27.4. The number of hydrogen-bond acceptors (Lipinski definition) is 5. The van der Waals surface area contributed by atoms with Crippen molar-refractivity contribution in [1.29, 1.82) is 0 Å². The van der Waals surface area contributed by atoms with Crippen molar-refractivity contribution in [2.24, 2.45) is 0 Å².